The topological polar surface area (TPSA) is 90.4 Å². The molecule has 0 amide bonds. The number of anilines is 1. The van der Waals surface area contributed by atoms with Crippen LogP contribution in [-0.2, 0) is 14.8 Å². The summed E-state index contributed by atoms with van der Waals surface area (Å²) < 4.78 is 36.7. The molecule has 7 nitrogen and oxygen atoms in total. The minimum absolute atomic E-state index is 0.112. The van der Waals surface area contributed by atoms with Crippen molar-refractivity contribution in [2.75, 3.05) is 17.6 Å². The second kappa shape index (κ2) is 7.19. The van der Waals surface area contributed by atoms with E-state index in [-0.39, 0.29) is 17.9 Å². The van der Waals surface area contributed by atoms with Crippen LogP contribution in [0.15, 0.2) is 42.7 Å². The molecule has 0 radical (unpaired) electrons. The fraction of sp³-hybridized carbons (Fsp3) is 0.286. The lowest BCUT2D eigenvalue weighted by molar-refractivity contribution is 0.136. The predicted molar refractivity (Wildman–Crippen MR) is 82.4 cm³/mol. The van der Waals surface area contributed by atoms with Crippen molar-refractivity contribution in [1.82, 2.24) is 9.97 Å². The number of benzene rings is 1. The van der Waals surface area contributed by atoms with Gasteiger partial charge in [-0.3, -0.25) is 4.72 Å². The highest BCUT2D eigenvalue weighted by atomic mass is 32.2. The highest BCUT2D eigenvalue weighted by molar-refractivity contribution is 7.92. The molecule has 0 unspecified atom stereocenters. The molecule has 0 fully saturated rings. The number of methoxy groups -OCH3 is 1. The van der Waals surface area contributed by atoms with Gasteiger partial charge in [0, 0.05) is 25.2 Å². The molecule has 2 aromatic rings. The molecular weight excluding hydrogens is 306 g/mol. The van der Waals surface area contributed by atoms with E-state index < -0.39 is 10.0 Å². The number of ether oxygens (including phenoxy) is 2. The van der Waals surface area contributed by atoms with E-state index >= 15 is 0 Å². The molecule has 0 spiro atoms. The van der Waals surface area contributed by atoms with E-state index in [1.165, 1.54) is 7.11 Å². The summed E-state index contributed by atoms with van der Waals surface area (Å²) in [6, 6.07) is 8.39. The van der Waals surface area contributed by atoms with Crippen molar-refractivity contribution in [1.29, 1.82) is 0 Å². The first-order valence-electron chi connectivity index (χ1n) is 6.57. The molecule has 0 aliphatic carbocycles. The summed E-state index contributed by atoms with van der Waals surface area (Å²) in [5.74, 6) is 0.402. The molecule has 1 aromatic heterocycles. The van der Waals surface area contributed by atoms with Crippen molar-refractivity contribution in [2.24, 2.45) is 0 Å². The number of nitrogens with zero attached hydrogens (tertiary/aromatic N) is 2. The van der Waals surface area contributed by atoms with Gasteiger partial charge in [0.1, 0.15) is 5.75 Å². The summed E-state index contributed by atoms with van der Waals surface area (Å²) in [6.07, 6.45) is 2.76. The first-order chi connectivity index (χ1) is 10.5. The maximum atomic E-state index is 11.9. The number of hydrogen-bond donors (Lipinski definition) is 1. The Hall–Kier alpha value is -2.19. The Morgan fingerprint density at radius 3 is 2.41 bits per heavy atom. The molecule has 0 saturated carbocycles. The van der Waals surface area contributed by atoms with Gasteiger partial charge >= 0.3 is 6.01 Å². The molecule has 0 aliphatic rings. The number of aromatic nitrogens is 2. The minimum atomic E-state index is -3.46. The molecular formula is C14H17N3O4S. The molecule has 2 rings (SSSR count). The summed E-state index contributed by atoms with van der Waals surface area (Å²) in [5, 5.41) is 0. The van der Waals surface area contributed by atoms with Gasteiger partial charge in [-0.05, 0) is 37.3 Å². The van der Waals surface area contributed by atoms with E-state index in [2.05, 4.69) is 14.7 Å². The Labute approximate surface area is 129 Å². The van der Waals surface area contributed by atoms with Gasteiger partial charge in [-0.1, -0.05) is 0 Å². The van der Waals surface area contributed by atoms with Gasteiger partial charge in [0.25, 0.3) is 0 Å². The van der Waals surface area contributed by atoms with Crippen molar-refractivity contribution in [3.05, 3.63) is 42.7 Å². The molecule has 8 heteroatoms. The Morgan fingerprint density at radius 2 is 1.82 bits per heavy atom. The first-order valence-corrected chi connectivity index (χ1v) is 8.22. The van der Waals surface area contributed by atoms with Crippen LogP contribution >= 0.6 is 0 Å². The lowest BCUT2D eigenvalue weighted by atomic mass is 10.3. The van der Waals surface area contributed by atoms with Gasteiger partial charge in [0.05, 0.1) is 11.9 Å². The molecule has 118 valence electrons. The van der Waals surface area contributed by atoms with Gasteiger partial charge in [0.2, 0.25) is 10.0 Å². The van der Waals surface area contributed by atoms with Crippen LogP contribution in [0.2, 0.25) is 0 Å². The summed E-state index contributed by atoms with van der Waals surface area (Å²) in [7, 11) is -1.99. The maximum Gasteiger partial charge on any atom is 0.321 e. The van der Waals surface area contributed by atoms with Crippen molar-refractivity contribution >= 4 is 15.7 Å². The summed E-state index contributed by atoms with van der Waals surface area (Å²) in [6.45, 7) is 1.69. The SMILES string of the molecule is CO[C@H](C)CS(=O)(=O)Nc1ccc(Oc2ncccn2)cc1. The van der Waals surface area contributed by atoms with Gasteiger partial charge in [-0.25, -0.2) is 18.4 Å². The number of sulfonamides is 1. The average molecular weight is 323 g/mol. The summed E-state index contributed by atoms with van der Waals surface area (Å²) >= 11 is 0. The lowest BCUT2D eigenvalue weighted by Gasteiger charge is -2.12. The quantitative estimate of drug-likeness (QED) is 0.838. The largest absolute Gasteiger partial charge is 0.424 e. The molecule has 0 bridgehead atoms. The molecule has 1 aromatic carbocycles. The molecule has 1 atom stereocenters. The van der Waals surface area contributed by atoms with Gasteiger partial charge in [-0.2, -0.15) is 0 Å². The van der Waals surface area contributed by atoms with E-state index in [0.717, 1.165) is 0 Å². The van der Waals surface area contributed by atoms with Crippen molar-refractivity contribution in [3.8, 4) is 11.8 Å². The van der Waals surface area contributed by atoms with Gasteiger partial charge in [0.15, 0.2) is 0 Å². The van der Waals surface area contributed by atoms with Crippen molar-refractivity contribution < 1.29 is 17.9 Å². The summed E-state index contributed by atoms with van der Waals surface area (Å²) in [5.41, 5.74) is 0.449. The minimum Gasteiger partial charge on any atom is -0.424 e. The zero-order chi connectivity index (χ0) is 16.0. The van der Waals surface area contributed by atoms with Gasteiger partial charge in [-0.15, -0.1) is 0 Å². The van der Waals surface area contributed by atoms with Crippen LogP contribution in [0.5, 0.6) is 11.8 Å². The third-order valence-electron chi connectivity index (χ3n) is 2.74. The standard InChI is InChI=1S/C14H17N3O4S/c1-11(20-2)10-22(18,19)17-12-4-6-13(7-5-12)21-14-15-8-3-9-16-14/h3-9,11,17H,10H2,1-2H3/t11-/m1/s1. The van der Waals surface area contributed by atoms with Crippen LogP contribution in [0.1, 0.15) is 6.92 Å². The van der Waals surface area contributed by atoms with Crippen LogP contribution in [0, 0.1) is 0 Å². The normalized spacial score (nSPS) is 12.6. The highest BCUT2D eigenvalue weighted by Crippen LogP contribution is 2.20. The predicted octanol–water partition coefficient (Wildman–Crippen LogP) is 2.05. The molecule has 1 heterocycles. The number of rotatable bonds is 7. The second-order valence-electron chi connectivity index (χ2n) is 4.59. The summed E-state index contributed by atoms with van der Waals surface area (Å²) in [4.78, 5) is 7.88. The monoisotopic (exact) mass is 323 g/mol. The molecule has 0 aliphatic heterocycles. The van der Waals surface area contributed by atoms with E-state index in [4.69, 9.17) is 9.47 Å². The van der Waals surface area contributed by atoms with Gasteiger partial charge < -0.3 is 9.47 Å². The Morgan fingerprint density at radius 1 is 1.18 bits per heavy atom. The zero-order valence-electron chi connectivity index (χ0n) is 12.3. The lowest BCUT2D eigenvalue weighted by Crippen LogP contribution is -2.25. The Kier molecular flexibility index (Phi) is 5.29. The Balaban J connectivity index is 2.00. The molecule has 1 N–H and O–H groups in total. The second-order valence-corrected chi connectivity index (χ2v) is 6.35. The van der Waals surface area contributed by atoms with E-state index in [0.29, 0.717) is 11.4 Å². The Bertz CT molecular complexity index is 690. The van der Waals surface area contributed by atoms with Crippen molar-refractivity contribution in [3.63, 3.8) is 0 Å². The van der Waals surface area contributed by atoms with E-state index in [1.807, 2.05) is 0 Å². The smallest absolute Gasteiger partial charge is 0.321 e. The molecule has 0 saturated heterocycles. The van der Waals surface area contributed by atoms with E-state index in [9.17, 15) is 8.42 Å². The first kappa shape index (κ1) is 16.2. The van der Waals surface area contributed by atoms with Crippen LogP contribution < -0.4 is 9.46 Å². The van der Waals surface area contributed by atoms with Crippen LogP contribution in [0.3, 0.4) is 0 Å². The highest BCUT2D eigenvalue weighted by Gasteiger charge is 2.15. The number of nitrogens with one attached hydrogen (secondary N) is 1. The van der Waals surface area contributed by atoms with E-state index in [1.54, 1.807) is 49.6 Å². The zero-order valence-corrected chi connectivity index (χ0v) is 13.1. The third-order valence-corrected chi connectivity index (χ3v) is 4.19. The van der Waals surface area contributed by atoms with Crippen molar-refractivity contribution in [2.45, 2.75) is 13.0 Å². The van der Waals surface area contributed by atoms with Crippen LogP contribution in [0.4, 0.5) is 5.69 Å². The average Bonchev–Trinajstić information content (AvgIpc) is 2.49. The fourth-order valence-corrected chi connectivity index (χ4v) is 2.97. The molecule has 22 heavy (non-hydrogen) atoms. The maximum absolute atomic E-state index is 11.9. The van der Waals surface area contributed by atoms with Crippen LogP contribution in [-0.4, -0.2) is 37.4 Å². The number of hydrogen-bond acceptors (Lipinski definition) is 6. The fourth-order valence-electron chi connectivity index (χ4n) is 1.63. The third kappa shape index (κ3) is 4.97. The van der Waals surface area contributed by atoms with Crippen LogP contribution in [0.25, 0.3) is 0 Å².